The summed E-state index contributed by atoms with van der Waals surface area (Å²) >= 11 is 0. The monoisotopic (exact) mass is 539 g/mol. The SMILES string of the molecule is CCCCNC(=O)C(c1cc(C)cc(C)c1)N(CCC)C(=O)C(Cc1ccc(O)cc1)NC(=O)OC(C)(C)C. The highest BCUT2D eigenvalue weighted by molar-refractivity contribution is 5.92. The summed E-state index contributed by atoms with van der Waals surface area (Å²) in [5.41, 5.74) is 2.71. The van der Waals surface area contributed by atoms with Gasteiger partial charge in [-0.2, -0.15) is 0 Å². The molecule has 0 saturated carbocycles. The average molecular weight is 540 g/mol. The van der Waals surface area contributed by atoms with E-state index in [4.69, 9.17) is 4.74 Å². The van der Waals surface area contributed by atoms with Gasteiger partial charge in [-0.25, -0.2) is 4.79 Å². The van der Waals surface area contributed by atoms with Gasteiger partial charge in [0.2, 0.25) is 11.8 Å². The van der Waals surface area contributed by atoms with E-state index in [1.54, 1.807) is 37.8 Å². The number of alkyl carbamates (subject to hydrolysis) is 1. The number of hydrogen-bond acceptors (Lipinski definition) is 5. The zero-order chi connectivity index (χ0) is 29.2. The molecule has 8 heteroatoms. The summed E-state index contributed by atoms with van der Waals surface area (Å²) in [4.78, 5) is 42.3. The van der Waals surface area contributed by atoms with Crippen molar-refractivity contribution < 1.29 is 24.2 Å². The molecule has 0 fully saturated rings. The number of nitrogens with one attached hydrogen (secondary N) is 2. The molecule has 0 spiro atoms. The molecule has 2 aromatic rings. The molecule has 0 radical (unpaired) electrons. The molecule has 0 aliphatic rings. The van der Waals surface area contributed by atoms with Crippen molar-refractivity contribution in [2.24, 2.45) is 0 Å². The number of carbonyl (C=O) groups is 3. The normalized spacial score (nSPS) is 12.8. The van der Waals surface area contributed by atoms with Gasteiger partial charge in [0.25, 0.3) is 0 Å². The van der Waals surface area contributed by atoms with Crippen LogP contribution in [0.1, 0.15) is 82.2 Å². The first-order chi connectivity index (χ1) is 18.3. The molecule has 2 rings (SSSR count). The fourth-order valence-electron chi connectivity index (χ4n) is 4.45. The Balaban J connectivity index is 2.53. The summed E-state index contributed by atoms with van der Waals surface area (Å²) < 4.78 is 5.46. The van der Waals surface area contributed by atoms with Crippen LogP contribution in [0.4, 0.5) is 4.79 Å². The lowest BCUT2D eigenvalue weighted by molar-refractivity contribution is -0.142. The minimum Gasteiger partial charge on any atom is -0.508 e. The summed E-state index contributed by atoms with van der Waals surface area (Å²) in [5.74, 6) is -0.533. The summed E-state index contributed by atoms with van der Waals surface area (Å²) in [7, 11) is 0. The van der Waals surface area contributed by atoms with Gasteiger partial charge in [-0.05, 0) is 70.7 Å². The first-order valence-electron chi connectivity index (χ1n) is 13.8. The van der Waals surface area contributed by atoms with Crippen molar-refractivity contribution >= 4 is 17.9 Å². The Morgan fingerprint density at radius 1 is 0.974 bits per heavy atom. The first-order valence-corrected chi connectivity index (χ1v) is 13.8. The molecule has 0 heterocycles. The van der Waals surface area contributed by atoms with Crippen molar-refractivity contribution in [2.45, 2.75) is 91.8 Å². The van der Waals surface area contributed by atoms with E-state index < -0.39 is 23.8 Å². The molecule has 0 aliphatic heterocycles. The molecule has 0 aliphatic carbocycles. The predicted molar refractivity (Wildman–Crippen MR) is 154 cm³/mol. The van der Waals surface area contributed by atoms with Crippen LogP contribution in [0.15, 0.2) is 42.5 Å². The Kier molecular flexibility index (Phi) is 11.8. The molecule has 0 aromatic heterocycles. The van der Waals surface area contributed by atoms with Crippen LogP contribution in [0.3, 0.4) is 0 Å². The van der Waals surface area contributed by atoms with E-state index >= 15 is 0 Å². The summed E-state index contributed by atoms with van der Waals surface area (Å²) in [6, 6.07) is 10.5. The quantitative estimate of drug-likeness (QED) is 0.316. The Morgan fingerprint density at radius 2 is 1.59 bits per heavy atom. The summed E-state index contributed by atoms with van der Waals surface area (Å²) in [6.45, 7) is 14.0. The largest absolute Gasteiger partial charge is 0.508 e. The van der Waals surface area contributed by atoms with Crippen molar-refractivity contribution in [3.63, 3.8) is 0 Å². The van der Waals surface area contributed by atoms with Crippen LogP contribution in [0.25, 0.3) is 0 Å². The Bertz CT molecular complexity index is 1090. The Labute approximate surface area is 233 Å². The molecule has 8 nitrogen and oxygen atoms in total. The number of hydrogen-bond donors (Lipinski definition) is 3. The van der Waals surface area contributed by atoms with Gasteiger partial charge in [0.15, 0.2) is 0 Å². The third-order valence-corrected chi connectivity index (χ3v) is 6.06. The molecule has 2 unspecified atom stereocenters. The van der Waals surface area contributed by atoms with Crippen LogP contribution in [-0.2, 0) is 20.7 Å². The average Bonchev–Trinajstić information content (AvgIpc) is 2.82. The minimum absolute atomic E-state index is 0.105. The molecule has 39 heavy (non-hydrogen) atoms. The molecule has 214 valence electrons. The molecule has 3 N–H and O–H groups in total. The smallest absolute Gasteiger partial charge is 0.408 e. The van der Waals surface area contributed by atoms with Crippen LogP contribution in [0.5, 0.6) is 5.75 Å². The van der Waals surface area contributed by atoms with Gasteiger partial charge in [-0.1, -0.05) is 61.7 Å². The molecule has 2 atom stereocenters. The summed E-state index contributed by atoms with van der Waals surface area (Å²) in [6.07, 6.45) is 1.83. The fraction of sp³-hybridized carbons (Fsp3) is 0.516. The molecule has 3 amide bonds. The second kappa shape index (κ2) is 14.6. The fourth-order valence-corrected chi connectivity index (χ4v) is 4.45. The van der Waals surface area contributed by atoms with E-state index in [9.17, 15) is 19.5 Å². The van der Waals surface area contributed by atoms with Gasteiger partial charge in [0.05, 0.1) is 0 Å². The van der Waals surface area contributed by atoms with E-state index in [1.165, 1.54) is 12.1 Å². The van der Waals surface area contributed by atoms with Crippen LogP contribution in [0, 0.1) is 13.8 Å². The van der Waals surface area contributed by atoms with E-state index in [-0.39, 0.29) is 24.0 Å². The Morgan fingerprint density at radius 3 is 2.13 bits per heavy atom. The van der Waals surface area contributed by atoms with Crippen molar-refractivity contribution in [1.82, 2.24) is 15.5 Å². The number of amides is 3. The first kappa shape index (κ1) is 31.7. The number of aryl methyl sites for hydroxylation is 2. The number of carbonyl (C=O) groups excluding carboxylic acids is 3. The lowest BCUT2D eigenvalue weighted by Crippen LogP contribution is -2.54. The van der Waals surface area contributed by atoms with Crippen molar-refractivity contribution in [1.29, 1.82) is 0 Å². The number of benzene rings is 2. The van der Waals surface area contributed by atoms with E-state index in [0.29, 0.717) is 19.5 Å². The molecule has 0 bridgehead atoms. The van der Waals surface area contributed by atoms with Crippen molar-refractivity contribution in [2.75, 3.05) is 13.1 Å². The zero-order valence-corrected chi connectivity index (χ0v) is 24.5. The highest BCUT2D eigenvalue weighted by Crippen LogP contribution is 2.26. The third kappa shape index (κ3) is 10.3. The molecular weight excluding hydrogens is 494 g/mol. The van der Waals surface area contributed by atoms with Crippen molar-refractivity contribution in [3.05, 3.63) is 64.7 Å². The number of phenolic OH excluding ortho intramolecular Hbond substituents is 1. The Hall–Kier alpha value is -3.55. The molecular formula is C31H45N3O5. The number of rotatable bonds is 12. The highest BCUT2D eigenvalue weighted by atomic mass is 16.6. The zero-order valence-electron chi connectivity index (χ0n) is 24.5. The topological polar surface area (TPSA) is 108 Å². The molecule has 2 aromatic carbocycles. The van der Waals surface area contributed by atoms with Gasteiger partial charge < -0.3 is 25.4 Å². The summed E-state index contributed by atoms with van der Waals surface area (Å²) in [5, 5.41) is 15.5. The van der Waals surface area contributed by atoms with Gasteiger partial charge in [-0.3, -0.25) is 9.59 Å². The second-order valence-corrected chi connectivity index (χ2v) is 11.1. The van der Waals surface area contributed by atoms with Crippen molar-refractivity contribution in [3.8, 4) is 5.75 Å². The lowest BCUT2D eigenvalue weighted by Gasteiger charge is -2.34. The van der Waals surface area contributed by atoms with Gasteiger partial charge in [-0.15, -0.1) is 0 Å². The van der Waals surface area contributed by atoms with Crippen LogP contribution in [-0.4, -0.2) is 52.6 Å². The maximum Gasteiger partial charge on any atom is 0.408 e. The van der Waals surface area contributed by atoms with Gasteiger partial charge in [0, 0.05) is 19.5 Å². The van der Waals surface area contributed by atoms with E-state index in [0.717, 1.165) is 35.1 Å². The van der Waals surface area contributed by atoms with E-state index in [1.807, 2.05) is 39.0 Å². The van der Waals surface area contributed by atoms with Gasteiger partial charge >= 0.3 is 6.09 Å². The van der Waals surface area contributed by atoms with Gasteiger partial charge in [0.1, 0.15) is 23.4 Å². The number of aromatic hydroxyl groups is 1. The number of nitrogens with zero attached hydrogens (tertiary/aromatic N) is 1. The van der Waals surface area contributed by atoms with E-state index in [2.05, 4.69) is 17.6 Å². The maximum atomic E-state index is 14.3. The number of ether oxygens (including phenoxy) is 1. The van der Waals surface area contributed by atoms with Crippen LogP contribution < -0.4 is 10.6 Å². The standard InChI is InChI=1S/C31H45N3O5/c1-8-10-15-32-28(36)27(24-18-21(3)17-22(4)19-24)34(16-9-2)29(37)26(33-30(38)39-31(5,6)7)20-23-11-13-25(35)14-12-23/h11-14,17-19,26-27,35H,8-10,15-16,20H2,1-7H3,(H,32,36)(H,33,38). The second-order valence-electron chi connectivity index (χ2n) is 11.1. The lowest BCUT2D eigenvalue weighted by atomic mass is 9.97. The maximum absolute atomic E-state index is 14.3. The number of phenols is 1. The minimum atomic E-state index is -0.993. The highest BCUT2D eigenvalue weighted by Gasteiger charge is 2.36. The molecule has 0 saturated heterocycles. The van der Waals surface area contributed by atoms with Crippen LogP contribution in [0.2, 0.25) is 0 Å². The third-order valence-electron chi connectivity index (χ3n) is 6.06. The number of unbranched alkanes of at least 4 members (excludes halogenated alkanes) is 1. The van der Waals surface area contributed by atoms with Crippen LogP contribution >= 0.6 is 0 Å². The predicted octanol–water partition coefficient (Wildman–Crippen LogP) is 5.34.